The molecule has 1 rings (SSSR count). The highest BCUT2D eigenvalue weighted by molar-refractivity contribution is 5.85. The van der Waals surface area contributed by atoms with Gasteiger partial charge in [-0.05, 0) is 12.3 Å². The second-order valence-corrected chi connectivity index (χ2v) is 4.25. The van der Waals surface area contributed by atoms with Crippen LogP contribution >= 0.6 is 0 Å². The summed E-state index contributed by atoms with van der Waals surface area (Å²) in [6.45, 7) is 0. The second-order valence-electron chi connectivity index (χ2n) is 4.25. The van der Waals surface area contributed by atoms with Crippen LogP contribution in [0.1, 0.15) is 12.8 Å². The summed E-state index contributed by atoms with van der Waals surface area (Å²) in [5.74, 6) is -10.9. The fourth-order valence-electron chi connectivity index (χ4n) is 2.51. The number of carboxylic acids is 4. The zero-order valence-corrected chi connectivity index (χ0v) is 9.15. The molecule has 1 saturated carbocycles. The Balaban J connectivity index is 3.10. The Hall–Kier alpha value is -2.12. The average Bonchev–Trinajstić information content (AvgIpc) is 2.56. The van der Waals surface area contributed by atoms with Crippen molar-refractivity contribution in [2.24, 2.45) is 23.7 Å². The molecule has 1 aliphatic carbocycles. The summed E-state index contributed by atoms with van der Waals surface area (Å²) in [6, 6.07) is 0. The number of rotatable bonds is 5. The van der Waals surface area contributed by atoms with Crippen LogP contribution in [0.5, 0.6) is 0 Å². The van der Waals surface area contributed by atoms with Crippen molar-refractivity contribution in [1.82, 2.24) is 0 Å². The third kappa shape index (κ3) is 2.58. The van der Waals surface area contributed by atoms with E-state index in [0.717, 1.165) is 0 Å². The summed E-state index contributed by atoms with van der Waals surface area (Å²) in [6.07, 6.45) is -1.03. The largest absolute Gasteiger partial charge is 0.481 e. The third-order valence-electron chi connectivity index (χ3n) is 3.25. The van der Waals surface area contributed by atoms with E-state index < -0.39 is 54.0 Å². The van der Waals surface area contributed by atoms with Crippen molar-refractivity contribution in [3.05, 3.63) is 0 Å². The van der Waals surface area contributed by atoms with Gasteiger partial charge in [0.15, 0.2) is 0 Å². The molecular weight excluding hydrogens is 248 g/mol. The van der Waals surface area contributed by atoms with Crippen LogP contribution in [0.3, 0.4) is 0 Å². The lowest BCUT2D eigenvalue weighted by atomic mass is 9.84. The number of carboxylic acid groups (broad SMARTS) is 4. The highest BCUT2D eigenvalue weighted by atomic mass is 16.4. The third-order valence-corrected chi connectivity index (χ3v) is 3.25. The van der Waals surface area contributed by atoms with Gasteiger partial charge >= 0.3 is 23.9 Å². The lowest BCUT2D eigenvalue weighted by molar-refractivity contribution is -0.155. The van der Waals surface area contributed by atoms with Gasteiger partial charge in [-0.25, -0.2) is 0 Å². The number of hydrogen-bond donors (Lipinski definition) is 4. The SMILES string of the molecule is O=C(O)C[C@H]1[C@@H](C(=O)O)[C@H](C(=O)O)C[C@@H]1C(=O)O. The van der Waals surface area contributed by atoms with Crippen LogP contribution in [0, 0.1) is 23.7 Å². The van der Waals surface area contributed by atoms with Gasteiger partial charge in [0, 0.05) is 6.42 Å². The zero-order valence-electron chi connectivity index (χ0n) is 9.15. The van der Waals surface area contributed by atoms with Crippen LogP contribution in [-0.4, -0.2) is 44.3 Å². The molecule has 0 amide bonds. The van der Waals surface area contributed by atoms with Gasteiger partial charge in [-0.1, -0.05) is 0 Å². The standard InChI is InChI=1S/C10H12O8/c11-6(12)2-3-4(8(13)14)1-5(9(15)16)7(3)10(17)18/h3-5,7H,1-2H2,(H,11,12)(H,13,14)(H,15,16)(H,17,18)/t3-,4+,5-,7-/m1/s1. The van der Waals surface area contributed by atoms with Gasteiger partial charge in [0.25, 0.3) is 0 Å². The van der Waals surface area contributed by atoms with E-state index in [4.69, 9.17) is 20.4 Å². The quantitative estimate of drug-likeness (QED) is 0.520. The van der Waals surface area contributed by atoms with Crippen molar-refractivity contribution < 1.29 is 39.6 Å². The van der Waals surface area contributed by atoms with Crippen molar-refractivity contribution in [1.29, 1.82) is 0 Å². The van der Waals surface area contributed by atoms with E-state index in [2.05, 4.69) is 0 Å². The highest BCUT2D eigenvalue weighted by Gasteiger charge is 2.53. The van der Waals surface area contributed by atoms with E-state index in [1.54, 1.807) is 0 Å². The smallest absolute Gasteiger partial charge is 0.307 e. The predicted molar refractivity (Wildman–Crippen MR) is 53.7 cm³/mol. The van der Waals surface area contributed by atoms with Crippen molar-refractivity contribution in [3.63, 3.8) is 0 Å². The van der Waals surface area contributed by atoms with Gasteiger partial charge in [-0.3, -0.25) is 19.2 Å². The first-order valence-electron chi connectivity index (χ1n) is 5.16. The molecule has 0 aromatic heterocycles. The lowest BCUT2D eigenvalue weighted by Crippen LogP contribution is -2.32. The molecule has 0 aliphatic heterocycles. The van der Waals surface area contributed by atoms with E-state index in [9.17, 15) is 19.2 Å². The lowest BCUT2D eigenvalue weighted by Gasteiger charge is -2.18. The van der Waals surface area contributed by atoms with Gasteiger partial charge in [0.2, 0.25) is 0 Å². The number of hydrogen-bond acceptors (Lipinski definition) is 4. The molecule has 0 bridgehead atoms. The summed E-state index contributed by atoms with van der Waals surface area (Å²) in [4.78, 5) is 43.5. The van der Waals surface area contributed by atoms with Crippen LogP contribution in [0.4, 0.5) is 0 Å². The number of carbonyl (C=O) groups is 4. The predicted octanol–water partition coefficient (Wildman–Crippen LogP) is -0.417. The molecule has 18 heavy (non-hydrogen) atoms. The Labute approximate surface area is 101 Å². The maximum Gasteiger partial charge on any atom is 0.307 e. The van der Waals surface area contributed by atoms with Gasteiger partial charge < -0.3 is 20.4 Å². The molecule has 4 atom stereocenters. The maximum absolute atomic E-state index is 11.0. The van der Waals surface area contributed by atoms with E-state index in [-0.39, 0.29) is 6.42 Å². The first-order valence-corrected chi connectivity index (χ1v) is 5.16. The van der Waals surface area contributed by atoms with Crippen LogP contribution in [0.15, 0.2) is 0 Å². The summed E-state index contributed by atoms with van der Waals surface area (Å²) in [5.41, 5.74) is 0. The van der Waals surface area contributed by atoms with Crippen LogP contribution < -0.4 is 0 Å². The molecule has 8 heteroatoms. The van der Waals surface area contributed by atoms with E-state index >= 15 is 0 Å². The van der Waals surface area contributed by atoms with Crippen molar-refractivity contribution >= 4 is 23.9 Å². The molecule has 1 aliphatic rings. The maximum atomic E-state index is 11.0. The van der Waals surface area contributed by atoms with Crippen molar-refractivity contribution in [3.8, 4) is 0 Å². The van der Waals surface area contributed by atoms with Crippen molar-refractivity contribution in [2.45, 2.75) is 12.8 Å². The molecular formula is C10H12O8. The van der Waals surface area contributed by atoms with Gasteiger partial charge in [-0.15, -0.1) is 0 Å². The first-order chi connectivity index (χ1) is 8.25. The first kappa shape index (κ1) is 13.9. The molecule has 0 unspecified atom stereocenters. The van der Waals surface area contributed by atoms with Crippen LogP contribution in [0.2, 0.25) is 0 Å². The summed E-state index contributed by atoms with van der Waals surface area (Å²) in [7, 11) is 0. The molecule has 0 aromatic carbocycles. The van der Waals surface area contributed by atoms with E-state index in [0.29, 0.717) is 0 Å². The van der Waals surface area contributed by atoms with E-state index in [1.165, 1.54) is 0 Å². The minimum Gasteiger partial charge on any atom is -0.481 e. The Morgan fingerprint density at radius 3 is 1.67 bits per heavy atom. The highest BCUT2D eigenvalue weighted by Crippen LogP contribution is 2.44. The molecule has 100 valence electrons. The number of aliphatic carboxylic acids is 4. The minimum atomic E-state index is -1.49. The molecule has 0 aromatic rings. The summed E-state index contributed by atoms with van der Waals surface area (Å²) in [5, 5.41) is 35.4. The monoisotopic (exact) mass is 260 g/mol. The topological polar surface area (TPSA) is 149 Å². The molecule has 4 N–H and O–H groups in total. The van der Waals surface area contributed by atoms with Gasteiger partial charge in [-0.2, -0.15) is 0 Å². The molecule has 8 nitrogen and oxygen atoms in total. The van der Waals surface area contributed by atoms with Crippen LogP contribution in [0.25, 0.3) is 0 Å². The molecule has 0 saturated heterocycles. The average molecular weight is 260 g/mol. The summed E-state index contributed by atoms with van der Waals surface area (Å²) >= 11 is 0. The zero-order chi connectivity index (χ0) is 14.0. The minimum absolute atomic E-state index is 0.362. The normalized spacial score (nSPS) is 30.9. The van der Waals surface area contributed by atoms with Crippen molar-refractivity contribution in [2.75, 3.05) is 0 Å². The van der Waals surface area contributed by atoms with Gasteiger partial charge in [0.05, 0.1) is 17.8 Å². The second kappa shape index (κ2) is 5.03. The molecule has 0 spiro atoms. The molecule has 0 heterocycles. The fraction of sp³-hybridized carbons (Fsp3) is 0.600. The molecule has 1 fully saturated rings. The summed E-state index contributed by atoms with van der Waals surface area (Å²) < 4.78 is 0. The Morgan fingerprint density at radius 2 is 1.33 bits per heavy atom. The Kier molecular flexibility index (Phi) is 3.89. The van der Waals surface area contributed by atoms with Gasteiger partial charge in [0.1, 0.15) is 0 Å². The fourth-order valence-corrected chi connectivity index (χ4v) is 2.51. The van der Waals surface area contributed by atoms with E-state index in [1.807, 2.05) is 0 Å². The Morgan fingerprint density at radius 1 is 0.833 bits per heavy atom. The van der Waals surface area contributed by atoms with Crippen LogP contribution in [-0.2, 0) is 19.2 Å². The molecule has 0 radical (unpaired) electrons. The Bertz CT molecular complexity index is 401.